The Kier molecular flexibility index (Phi) is 3.18. The van der Waals surface area contributed by atoms with Crippen LogP contribution in [0.15, 0.2) is 0 Å². The Labute approximate surface area is 57.6 Å². The van der Waals surface area contributed by atoms with Crippen LogP contribution in [-0.4, -0.2) is 15.2 Å². The summed E-state index contributed by atoms with van der Waals surface area (Å²) in [4.78, 5) is 0. The first-order valence-electron chi connectivity index (χ1n) is 3.29. The van der Waals surface area contributed by atoms with E-state index in [1.54, 1.807) is 0 Å². The zero-order valence-electron chi connectivity index (χ0n) is 6.31. The monoisotopic (exact) mass is 149 g/mol. The van der Waals surface area contributed by atoms with Crippen molar-refractivity contribution in [3.8, 4) is 0 Å². The highest BCUT2D eigenvalue weighted by atomic mass is 32.2. The molecule has 56 valence electrons. The fraction of sp³-hybridized carbons (Fsp3) is 1.00. The first-order chi connectivity index (χ1) is 4.04. The highest BCUT2D eigenvalue weighted by molar-refractivity contribution is 7.92. The minimum atomic E-state index is -2.25. The highest BCUT2D eigenvalue weighted by Crippen LogP contribution is 2.05. The molecule has 0 saturated carbocycles. The van der Waals surface area contributed by atoms with Gasteiger partial charge in [0.2, 0.25) is 0 Å². The third kappa shape index (κ3) is 2.35. The molecule has 0 bridgehead atoms. The van der Waals surface area contributed by atoms with E-state index in [0.717, 1.165) is 6.42 Å². The standard InChI is InChI=1S/C6H15NOS/c1-4-6(3)9(7,8)5-2/h6-7H,4-5H2,1-3H3/t6-,9+/m0/s1. The van der Waals surface area contributed by atoms with E-state index in [2.05, 4.69) is 0 Å². The van der Waals surface area contributed by atoms with Crippen LogP contribution in [0.2, 0.25) is 0 Å². The average Bonchev–Trinajstić information content (AvgIpc) is 1.86. The van der Waals surface area contributed by atoms with Crippen LogP contribution < -0.4 is 0 Å². The van der Waals surface area contributed by atoms with Crippen molar-refractivity contribution in [3.05, 3.63) is 0 Å². The molecular weight excluding hydrogens is 134 g/mol. The lowest BCUT2D eigenvalue weighted by molar-refractivity contribution is 0.661. The summed E-state index contributed by atoms with van der Waals surface area (Å²) in [7, 11) is -2.25. The quantitative estimate of drug-likeness (QED) is 0.653. The maximum atomic E-state index is 11.2. The lowest BCUT2D eigenvalue weighted by Crippen LogP contribution is -2.16. The molecule has 0 heterocycles. The van der Waals surface area contributed by atoms with Gasteiger partial charge in [0.25, 0.3) is 0 Å². The number of rotatable bonds is 3. The summed E-state index contributed by atoms with van der Waals surface area (Å²) in [6, 6.07) is 0. The maximum Gasteiger partial charge on any atom is 0.0465 e. The van der Waals surface area contributed by atoms with Gasteiger partial charge in [-0.3, -0.25) is 4.78 Å². The van der Waals surface area contributed by atoms with Crippen molar-refractivity contribution in [2.45, 2.75) is 32.4 Å². The Morgan fingerprint density at radius 2 is 2.00 bits per heavy atom. The molecule has 0 saturated heterocycles. The SMILES string of the molecule is CC[C@H](C)[S@](=N)(=O)CC. The second-order valence-corrected chi connectivity index (χ2v) is 5.07. The van der Waals surface area contributed by atoms with Crippen molar-refractivity contribution in [2.75, 3.05) is 5.75 Å². The molecule has 2 nitrogen and oxygen atoms in total. The molecule has 0 unspecified atom stereocenters. The fourth-order valence-corrected chi connectivity index (χ4v) is 1.66. The van der Waals surface area contributed by atoms with Gasteiger partial charge in [0.1, 0.15) is 0 Å². The Morgan fingerprint density at radius 3 is 2.11 bits per heavy atom. The molecule has 0 aromatic rings. The van der Waals surface area contributed by atoms with Crippen LogP contribution >= 0.6 is 0 Å². The lowest BCUT2D eigenvalue weighted by atomic mass is 10.4. The third-order valence-corrected chi connectivity index (χ3v) is 4.14. The summed E-state index contributed by atoms with van der Waals surface area (Å²) in [6.07, 6.45) is 0.843. The first-order valence-corrected chi connectivity index (χ1v) is 5.09. The zero-order valence-corrected chi connectivity index (χ0v) is 7.12. The van der Waals surface area contributed by atoms with E-state index in [9.17, 15) is 4.21 Å². The van der Waals surface area contributed by atoms with Gasteiger partial charge >= 0.3 is 0 Å². The van der Waals surface area contributed by atoms with Crippen LogP contribution in [0.5, 0.6) is 0 Å². The van der Waals surface area contributed by atoms with E-state index in [1.165, 1.54) is 0 Å². The second-order valence-electron chi connectivity index (χ2n) is 2.23. The van der Waals surface area contributed by atoms with E-state index in [0.29, 0.717) is 5.75 Å². The van der Waals surface area contributed by atoms with Crippen LogP contribution in [0.4, 0.5) is 0 Å². The minimum absolute atomic E-state index is 0.0579. The Hall–Kier alpha value is -0.0500. The summed E-state index contributed by atoms with van der Waals surface area (Å²) >= 11 is 0. The largest absolute Gasteiger partial charge is 0.253 e. The minimum Gasteiger partial charge on any atom is -0.253 e. The molecule has 1 N–H and O–H groups in total. The van der Waals surface area contributed by atoms with Gasteiger partial charge in [0, 0.05) is 20.7 Å². The van der Waals surface area contributed by atoms with Gasteiger partial charge in [-0.2, -0.15) is 0 Å². The second kappa shape index (κ2) is 3.20. The summed E-state index contributed by atoms with van der Waals surface area (Å²) in [5.41, 5.74) is 0. The van der Waals surface area contributed by atoms with Gasteiger partial charge in [-0.05, 0) is 13.3 Å². The van der Waals surface area contributed by atoms with Gasteiger partial charge in [-0.25, -0.2) is 4.21 Å². The van der Waals surface area contributed by atoms with E-state index < -0.39 is 9.73 Å². The van der Waals surface area contributed by atoms with Crippen LogP contribution in [0.1, 0.15) is 27.2 Å². The number of hydrogen-bond acceptors (Lipinski definition) is 2. The van der Waals surface area contributed by atoms with Crippen LogP contribution in [-0.2, 0) is 9.73 Å². The smallest absolute Gasteiger partial charge is 0.0465 e. The zero-order chi connectivity index (χ0) is 7.49. The van der Waals surface area contributed by atoms with E-state index in [1.807, 2.05) is 20.8 Å². The van der Waals surface area contributed by atoms with Gasteiger partial charge < -0.3 is 0 Å². The molecule has 0 amide bonds. The molecule has 0 aliphatic carbocycles. The normalized spacial score (nSPS) is 20.8. The summed E-state index contributed by atoms with van der Waals surface area (Å²) in [5, 5.41) is 0.0579. The summed E-state index contributed by atoms with van der Waals surface area (Å²) in [5.74, 6) is 0.488. The number of nitrogens with one attached hydrogen (secondary N) is 1. The highest BCUT2D eigenvalue weighted by Gasteiger charge is 2.10. The predicted molar refractivity (Wildman–Crippen MR) is 41.2 cm³/mol. The summed E-state index contributed by atoms with van der Waals surface area (Å²) in [6.45, 7) is 5.65. The molecule has 3 heteroatoms. The van der Waals surface area contributed by atoms with Crippen molar-refractivity contribution in [1.29, 1.82) is 4.78 Å². The van der Waals surface area contributed by atoms with Crippen molar-refractivity contribution in [2.24, 2.45) is 0 Å². The molecule has 0 spiro atoms. The Bertz CT molecular complexity index is 160. The van der Waals surface area contributed by atoms with Crippen molar-refractivity contribution >= 4 is 9.73 Å². The molecule has 0 aromatic carbocycles. The van der Waals surface area contributed by atoms with Crippen LogP contribution in [0.25, 0.3) is 0 Å². The molecular formula is C6H15NOS. The van der Waals surface area contributed by atoms with Crippen molar-refractivity contribution in [3.63, 3.8) is 0 Å². The van der Waals surface area contributed by atoms with Crippen molar-refractivity contribution in [1.82, 2.24) is 0 Å². The van der Waals surface area contributed by atoms with Gasteiger partial charge in [0.15, 0.2) is 0 Å². The van der Waals surface area contributed by atoms with Crippen LogP contribution in [0, 0.1) is 4.78 Å². The molecule has 0 radical (unpaired) electrons. The average molecular weight is 149 g/mol. The molecule has 0 aliphatic rings. The summed E-state index contributed by atoms with van der Waals surface area (Å²) < 4.78 is 18.5. The third-order valence-electron chi connectivity index (χ3n) is 1.65. The predicted octanol–water partition coefficient (Wildman–Crippen LogP) is 1.85. The first kappa shape index (κ1) is 8.95. The van der Waals surface area contributed by atoms with Gasteiger partial charge in [-0.15, -0.1) is 0 Å². The number of hydrogen-bond donors (Lipinski definition) is 1. The molecule has 0 aromatic heterocycles. The molecule has 2 atom stereocenters. The lowest BCUT2D eigenvalue weighted by Gasteiger charge is -2.10. The molecule has 9 heavy (non-hydrogen) atoms. The molecule has 0 aliphatic heterocycles. The molecule has 0 fully saturated rings. The topological polar surface area (TPSA) is 40.9 Å². The van der Waals surface area contributed by atoms with E-state index >= 15 is 0 Å². The van der Waals surface area contributed by atoms with Gasteiger partial charge in [0.05, 0.1) is 0 Å². The van der Waals surface area contributed by atoms with E-state index in [4.69, 9.17) is 4.78 Å². The van der Waals surface area contributed by atoms with E-state index in [-0.39, 0.29) is 5.25 Å². The van der Waals surface area contributed by atoms with Crippen LogP contribution in [0.3, 0.4) is 0 Å². The van der Waals surface area contributed by atoms with Gasteiger partial charge in [-0.1, -0.05) is 13.8 Å². The van der Waals surface area contributed by atoms with Crippen molar-refractivity contribution < 1.29 is 4.21 Å². The Balaban J connectivity index is 4.17. The molecule has 0 rings (SSSR count). The fourth-order valence-electron chi connectivity index (χ4n) is 0.554. The maximum absolute atomic E-state index is 11.2. The Morgan fingerprint density at radius 1 is 1.56 bits per heavy atom.